The first-order valence-corrected chi connectivity index (χ1v) is 21.3. The van der Waals surface area contributed by atoms with Crippen molar-refractivity contribution in [2.75, 3.05) is 41.0 Å². The van der Waals surface area contributed by atoms with Gasteiger partial charge in [0.2, 0.25) is 17.3 Å². The fourth-order valence-electron chi connectivity index (χ4n) is 8.35. The van der Waals surface area contributed by atoms with E-state index >= 15 is 0 Å². The third-order valence-electron chi connectivity index (χ3n) is 11.7. The molecule has 14 heteroatoms. The summed E-state index contributed by atoms with van der Waals surface area (Å²) in [6.07, 6.45) is 6.83. The van der Waals surface area contributed by atoms with Crippen molar-refractivity contribution >= 4 is 62.7 Å². The SMILES string of the molecule is CC=CCn1c(C(=O)c2cccc3[nH]c(C(=O)C4CCN(C(CC)CC(CNC(=O)c5cc(OC)c(OC)c(OC)c5)c5ccc(Cl)c(Cl)c5)CC4)nc23)nc2ccccc21. The van der Waals surface area contributed by atoms with Gasteiger partial charge in [0.1, 0.15) is 5.52 Å². The Hall–Kier alpha value is -5.69. The number of nitrogens with zero attached hydrogens (tertiary/aromatic N) is 4. The van der Waals surface area contributed by atoms with Crippen molar-refractivity contribution in [1.82, 2.24) is 29.7 Å². The average Bonchev–Trinajstić information content (AvgIpc) is 3.90. The Morgan fingerprint density at radius 3 is 2.33 bits per heavy atom. The third-order valence-corrected chi connectivity index (χ3v) is 12.4. The van der Waals surface area contributed by atoms with Crippen LogP contribution >= 0.6 is 23.2 Å². The number of Topliss-reactive ketones (excluding diaryl/α,β-unsaturated/α-hetero) is 1. The topological polar surface area (TPSA) is 141 Å². The quantitative estimate of drug-likeness (QED) is 0.0678. The van der Waals surface area contributed by atoms with Gasteiger partial charge in [-0.1, -0.05) is 66.5 Å². The second-order valence-corrected chi connectivity index (χ2v) is 16.0. The third kappa shape index (κ3) is 9.17. The summed E-state index contributed by atoms with van der Waals surface area (Å²) >= 11 is 12.8. The van der Waals surface area contributed by atoms with Gasteiger partial charge in [0.05, 0.1) is 53.5 Å². The molecule has 1 fully saturated rings. The van der Waals surface area contributed by atoms with E-state index in [1.54, 1.807) is 30.3 Å². The predicted octanol–water partition coefficient (Wildman–Crippen LogP) is 9.33. The lowest BCUT2D eigenvalue weighted by Crippen LogP contribution is -2.44. The molecule has 6 aromatic rings. The number of hydrogen-bond donors (Lipinski definition) is 2. The number of H-pyrrole nitrogens is 1. The highest BCUT2D eigenvalue weighted by Gasteiger charge is 2.32. The van der Waals surface area contributed by atoms with Crippen LogP contribution in [0, 0.1) is 5.92 Å². The molecule has 4 aromatic carbocycles. The van der Waals surface area contributed by atoms with E-state index in [0.29, 0.717) is 94.3 Å². The Balaban J connectivity index is 1.05. The largest absolute Gasteiger partial charge is 0.493 e. The van der Waals surface area contributed by atoms with E-state index in [2.05, 4.69) is 22.1 Å². The number of nitrogens with one attached hydrogen (secondary N) is 2. The van der Waals surface area contributed by atoms with Crippen molar-refractivity contribution in [3.63, 3.8) is 0 Å². The maximum Gasteiger partial charge on any atom is 0.251 e. The zero-order valence-corrected chi connectivity index (χ0v) is 36.5. The van der Waals surface area contributed by atoms with Crippen LogP contribution in [0.3, 0.4) is 0 Å². The Bertz CT molecular complexity index is 2570. The summed E-state index contributed by atoms with van der Waals surface area (Å²) in [6.45, 7) is 6.37. The highest BCUT2D eigenvalue weighted by atomic mass is 35.5. The van der Waals surface area contributed by atoms with E-state index in [1.165, 1.54) is 21.3 Å². The molecule has 0 aliphatic carbocycles. The molecule has 2 N–H and O–H groups in total. The van der Waals surface area contributed by atoms with Crippen LogP contribution in [0.1, 0.15) is 88.2 Å². The molecular weight excluding hydrogens is 815 g/mol. The smallest absolute Gasteiger partial charge is 0.251 e. The maximum absolute atomic E-state index is 14.1. The van der Waals surface area contributed by atoms with Crippen LogP contribution in [-0.2, 0) is 6.54 Å². The molecule has 0 radical (unpaired) electrons. The zero-order chi connectivity index (χ0) is 43.2. The van der Waals surface area contributed by atoms with Crippen LogP contribution in [-0.4, -0.2) is 88.9 Å². The van der Waals surface area contributed by atoms with Gasteiger partial charge in [0.15, 0.2) is 23.1 Å². The number of carbonyl (C=O) groups excluding carboxylic acids is 3. The molecule has 1 aliphatic heterocycles. The van der Waals surface area contributed by atoms with Crippen LogP contribution in [0.2, 0.25) is 10.0 Å². The molecule has 2 aromatic heterocycles. The van der Waals surface area contributed by atoms with E-state index in [9.17, 15) is 14.4 Å². The number of halogens is 2. The van der Waals surface area contributed by atoms with Gasteiger partial charge in [0.25, 0.3) is 5.91 Å². The number of methoxy groups -OCH3 is 3. The maximum atomic E-state index is 14.1. The molecule has 0 saturated carbocycles. The summed E-state index contributed by atoms with van der Waals surface area (Å²) in [7, 11) is 4.53. The lowest BCUT2D eigenvalue weighted by atomic mass is 9.87. The molecule has 12 nitrogen and oxygen atoms in total. The molecule has 0 spiro atoms. The second-order valence-electron chi connectivity index (χ2n) is 15.2. The highest BCUT2D eigenvalue weighted by molar-refractivity contribution is 6.42. The van der Waals surface area contributed by atoms with E-state index in [1.807, 2.05) is 66.1 Å². The molecule has 0 bridgehead atoms. The van der Waals surface area contributed by atoms with Crippen molar-refractivity contribution in [3.8, 4) is 17.2 Å². The van der Waals surface area contributed by atoms with Crippen molar-refractivity contribution in [2.24, 2.45) is 5.92 Å². The summed E-state index contributed by atoms with van der Waals surface area (Å²) in [5.41, 5.74) is 4.40. The van der Waals surface area contributed by atoms with Crippen molar-refractivity contribution in [3.05, 3.63) is 123 Å². The Morgan fingerprint density at radius 1 is 0.918 bits per heavy atom. The number of amides is 1. The number of imidazole rings is 2. The van der Waals surface area contributed by atoms with E-state index in [4.69, 9.17) is 47.4 Å². The summed E-state index contributed by atoms with van der Waals surface area (Å²) in [5.74, 6) is 0.807. The molecule has 7 rings (SSSR count). The fourth-order valence-corrected chi connectivity index (χ4v) is 8.66. The predicted molar refractivity (Wildman–Crippen MR) is 239 cm³/mol. The summed E-state index contributed by atoms with van der Waals surface area (Å²) in [5, 5.41) is 4.02. The minimum atomic E-state index is -0.289. The van der Waals surface area contributed by atoms with Crippen molar-refractivity contribution < 1.29 is 28.6 Å². The minimum absolute atomic E-state index is 0.0641. The molecule has 318 valence electrons. The number of hydrogen-bond acceptors (Lipinski definition) is 9. The first kappa shape index (κ1) is 43.4. The van der Waals surface area contributed by atoms with Crippen LogP contribution in [0.4, 0.5) is 0 Å². The van der Waals surface area contributed by atoms with Gasteiger partial charge in [-0.15, -0.1) is 0 Å². The molecule has 1 saturated heterocycles. The zero-order valence-electron chi connectivity index (χ0n) is 35.0. The van der Waals surface area contributed by atoms with Crippen LogP contribution in [0.15, 0.2) is 84.9 Å². The first-order chi connectivity index (χ1) is 29.6. The average molecular weight is 866 g/mol. The Morgan fingerprint density at radius 2 is 1.66 bits per heavy atom. The number of rotatable bonds is 17. The summed E-state index contributed by atoms with van der Waals surface area (Å²) in [4.78, 5) is 56.9. The highest BCUT2D eigenvalue weighted by Crippen LogP contribution is 2.38. The number of carbonyl (C=O) groups is 3. The Labute approximate surface area is 365 Å². The molecule has 1 aliphatic rings. The van der Waals surface area contributed by atoms with Crippen molar-refractivity contribution in [1.29, 1.82) is 0 Å². The lowest BCUT2D eigenvalue weighted by Gasteiger charge is -2.38. The first-order valence-electron chi connectivity index (χ1n) is 20.5. The van der Waals surface area contributed by atoms with Crippen LogP contribution in [0.25, 0.3) is 22.1 Å². The van der Waals surface area contributed by atoms with Crippen LogP contribution in [0.5, 0.6) is 17.2 Å². The molecule has 61 heavy (non-hydrogen) atoms. The van der Waals surface area contributed by atoms with Gasteiger partial charge in [-0.25, -0.2) is 9.97 Å². The molecule has 3 heterocycles. The van der Waals surface area contributed by atoms with E-state index < -0.39 is 0 Å². The van der Waals surface area contributed by atoms with E-state index in [0.717, 1.165) is 29.4 Å². The van der Waals surface area contributed by atoms with Crippen molar-refractivity contribution in [2.45, 2.75) is 58.0 Å². The number of fused-ring (bicyclic) bond motifs is 2. The number of para-hydroxylation sites is 3. The monoisotopic (exact) mass is 864 g/mol. The van der Waals surface area contributed by atoms with Crippen LogP contribution < -0.4 is 19.5 Å². The summed E-state index contributed by atoms with van der Waals surface area (Å²) in [6, 6.07) is 22.1. The second kappa shape index (κ2) is 19.4. The minimum Gasteiger partial charge on any atom is -0.493 e. The lowest BCUT2D eigenvalue weighted by molar-refractivity contribution is 0.0760. The molecular formula is C47H50Cl2N6O6. The number of allylic oxidation sites excluding steroid dienone is 2. The number of aromatic amines is 1. The fraction of sp³-hybridized carbons (Fsp3) is 0.340. The number of ketones is 2. The van der Waals surface area contributed by atoms with Gasteiger partial charge in [-0.2, -0.15) is 0 Å². The van der Waals surface area contributed by atoms with Gasteiger partial charge in [-0.05, 0) is 99.8 Å². The summed E-state index contributed by atoms with van der Waals surface area (Å²) < 4.78 is 18.3. The van der Waals surface area contributed by atoms with E-state index in [-0.39, 0.29) is 41.2 Å². The Kier molecular flexibility index (Phi) is 13.8. The van der Waals surface area contributed by atoms with Gasteiger partial charge in [-0.3, -0.25) is 14.4 Å². The number of ether oxygens (including phenoxy) is 3. The number of benzene rings is 4. The normalized spacial score (nSPS) is 14.7. The van der Waals surface area contributed by atoms with Gasteiger partial charge < -0.3 is 34.0 Å². The van der Waals surface area contributed by atoms with Gasteiger partial charge >= 0.3 is 0 Å². The molecule has 1 amide bonds. The van der Waals surface area contributed by atoms with Gasteiger partial charge in [0, 0.05) is 36.5 Å². The molecule has 2 unspecified atom stereocenters. The molecule has 2 atom stereocenters. The number of piperidine rings is 1. The standard InChI is InChI=1S/C47H50Cl2N6O6/c1-6-8-20-55-38-15-10-9-13-36(38)52-46(55)43(57)33-12-11-14-37-41(33)53-45(51-37)42(56)28-18-21-54(22-19-28)32(7-2)23-31(29-16-17-34(48)35(49)24-29)27-50-47(58)30-25-39(59-3)44(61-5)40(26-30)60-4/h6,8-17,24-26,28,31-32H,7,18-23,27H2,1-5H3,(H,50,58)(H,51,53). The number of likely N-dealkylation sites (tertiary alicyclic amines) is 1. The number of aromatic nitrogens is 4.